The Morgan fingerprint density at radius 2 is 2.37 bits per heavy atom. The molecule has 2 bridgehead atoms. The Balaban J connectivity index is 1.69. The zero-order valence-electron chi connectivity index (χ0n) is 11.5. The highest BCUT2D eigenvalue weighted by atomic mass is 35.5. The van der Waals surface area contributed by atoms with Gasteiger partial charge >= 0.3 is 0 Å². The van der Waals surface area contributed by atoms with Crippen LogP contribution in [0, 0.1) is 5.92 Å². The highest BCUT2D eigenvalue weighted by Crippen LogP contribution is 2.41. The minimum atomic E-state index is 0.680. The summed E-state index contributed by atoms with van der Waals surface area (Å²) in [5.74, 6) is 1.86. The average Bonchev–Trinajstić information content (AvgIpc) is 3.01. The van der Waals surface area contributed by atoms with Crippen LogP contribution in [0.25, 0.3) is 0 Å². The van der Waals surface area contributed by atoms with Crippen molar-refractivity contribution in [1.29, 1.82) is 0 Å². The lowest BCUT2D eigenvalue weighted by Gasteiger charge is -2.28. The molecule has 0 spiro atoms. The monoisotopic (exact) mass is 279 g/mol. The van der Waals surface area contributed by atoms with Crippen molar-refractivity contribution >= 4 is 17.4 Å². The molecule has 19 heavy (non-hydrogen) atoms. The topological polar surface area (TPSA) is 28.2 Å². The van der Waals surface area contributed by atoms with Crippen LogP contribution in [0.15, 0.2) is 12.3 Å². The van der Waals surface area contributed by atoms with Crippen LogP contribution in [0.5, 0.6) is 0 Å². The van der Waals surface area contributed by atoms with Crippen molar-refractivity contribution in [2.75, 3.05) is 18.0 Å². The molecule has 1 saturated heterocycles. The van der Waals surface area contributed by atoms with E-state index in [1.807, 2.05) is 6.20 Å². The molecule has 4 heteroatoms. The number of hydrogen-bond acceptors (Lipinski definition) is 3. The van der Waals surface area contributed by atoms with Crippen LogP contribution in [0.4, 0.5) is 5.82 Å². The predicted octanol–water partition coefficient (Wildman–Crippen LogP) is 3.22. The number of rotatable bonds is 5. The van der Waals surface area contributed by atoms with Crippen molar-refractivity contribution in [3.05, 3.63) is 22.8 Å². The fourth-order valence-corrected chi connectivity index (χ4v) is 3.67. The van der Waals surface area contributed by atoms with Gasteiger partial charge in [0.2, 0.25) is 0 Å². The Bertz CT molecular complexity index is 449. The number of halogens is 1. The average molecular weight is 280 g/mol. The van der Waals surface area contributed by atoms with E-state index in [1.165, 1.54) is 24.8 Å². The van der Waals surface area contributed by atoms with Gasteiger partial charge in [0.1, 0.15) is 5.82 Å². The van der Waals surface area contributed by atoms with Crippen LogP contribution in [-0.4, -0.2) is 24.1 Å². The second-order valence-corrected chi connectivity index (χ2v) is 6.22. The first kappa shape index (κ1) is 13.2. The van der Waals surface area contributed by atoms with Gasteiger partial charge in [-0.2, -0.15) is 0 Å². The number of pyridine rings is 1. The Morgan fingerprint density at radius 1 is 1.47 bits per heavy atom. The molecule has 1 aromatic rings. The third kappa shape index (κ3) is 2.72. The van der Waals surface area contributed by atoms with E-state index in [0.29, 0.717) is 6.04 Å². The second-order valence-electron chi connectivity index (χ2n) is 5.81. The smallest absolute Gasteiger partial charge is 0.147 e. The third-order valence-corrected chi connectivity index (χ3v) is 4.59. The van der Waals surface area contributed by atoms with Crippen molar-refractivity contribution in [2.45, 2.75) is 45.2 Å². The molecule has 1 aliphatic heterocycles. The van der Waals surface area contributed by atoms with E-state index >= 15 is 0 Å². The van der Waals surface area contributed by atoms with Gasteiger partial charge in [0, 0.05) is 25.3 Å². The van der Waals surface area contributed by atoms with Gasteiger partial charge in [0.15, 0.2) is 0 Å². The number of aromatic nitrogens is 1. The zero-order chi connectivity index (χ0) is 13.2. The Hall–Kier alpha value is -0.800. The van der Waals surface area contributed by atoms with Crippen LogP contribution < -0.4 is 10.2 Å². The Kier molecular flexibility index (Phi) is 3.94. The van der Waals surface area contributed by atoms with E-state index in [2.05, 4.69) is 28.2 Å². The predicted molar refractivity (Wildman–Crippen MR) is 79.7 cm³/mol. The summed E-state index contributed by atoms with van der Waals surface area (Å²) in [6.45, 7) is 5.21. The minimum Gasteiger partial charge on any atom is -0.352 e. The van der Waals surface area contributed by atoms with Crippen LogP contribution in [-0.2, 0) is 6.54 Å². The number of hydrogen-bond donors (Lipinski definition) is 1. The third-order valence-electron chi connectivity index (χ3n) is 4.32. The molecule has 1 aliphatic carbocycles. The minimum absolute atomic E-state index is 0.680. The molecule has 1 aromatic heterocycles. The molecule has 2 fully saturated rings. The van der Waals surface area contributed by atoms with Gasteiger partial charge in [-0.05, 0) is 49.8 Å². The second kappa shape index (κ2) is 5.68. The summed E-state index contributed by atoms with van der Waals surface area (Å²) in [5.41, 5.74) is 1.17. The summed E-state index contributed by atoms with van der Waals surface area (Å²) in [6.07, 6.45) is 7.14. The summed E-state index contributed by atoms with van der Waals surface area (Å²) < 4.78 is 0. The fraction of sp³-hybridized carbons (Fsp3) is 0.667. The zero-order valence-corrected chi connectivity index (χ0v) is 12.3. The fourth-order valence-electron chi connectivity index (χ4n) is 3.37. The number of anilines is 1. The molecular weight excluding hydrogens is 258 g/mol. The standard InChI is InChI=1S/C15H22ClN3/c1-2-5-17-8-12-7-14(16)15(18-9-12)19-10-11-3-4-13(19)6-11/h7,9,11,13,17H,2-6,8,10H2,1H3. The Morgan fingerprint density at radius 3 is 3.00 bits per heavy atom. The van der Waals surface area contributed by atoms with Gasteiger partial charge in [-0.3, -0.25) is 0 Å². The first-order chi connectivity index (χ1) is 9.28. The van der Waals surface area contributed by atoms with Crippen molar-refractivity contribution in [3.8, 4) is 0 Å². The first-order valence-electron chi connectivity index (χ1n) is 7.39. The van der Waals surface area contributed by atoms with Gasteiger partial charge in [-0.25, -0.2) is 4.98 Å². The SMILES string of the molecule is CCCNCc1cnc(N2CC3CCC2C3)c(Cl)c1. The Labute approximate surface area is 120 Å². The lowest BCUT2D eigenvalue weighted by molar-refractivity contribution is 0.550. The lowest BCUT2D eigenvalue weighted by Crippen LogP contribution is -2.32. The maximum atomic E-state index is 6.43. The summed E-state index contributed by atoms with van der Waals surface area (Å²) in [6, 6.07) is 2.75. The molecule has 0 radical (unpaired) electrons. The summed E-state index contributed by atoms with van der Waals surface area (Å²) in [5, 5.41) is 4.19. The molecule has 0 aromatic carbocycles. The molecule has 3 nitrogen and oxygen atoms in total. The molecule has 2 atom stereocenters. The molecule has 3 rings (SSSR count). The summed E-state index contributed by atoms with van der Waals surface area (Å²) in [4.78, 5) is 7.03. The van der Waals surface area contributed by atoms with Crippen molar-refractivity contribution in [3.63, 3.8) is 0 Å². The molecule has 1 N–H and O–H groups in total. The molecular formula is C15H22ClN3. The van der Waals surface area contributed by atoms with Crippen LogP contribution in [0.2, 0.25) is 5.02 Å². The summed E-state index contributed by atoms with van der Waals surface area (Å²) >= 11 is 6.43. The van der Waals surface area contributed by atoms with Crippen molar-refractivity contribution < 1.29 is 0 Å². The highest BCUT2D eigenvalue weighted by molar-refractivity contribution is 6.33. The van der Waals surface area contributed by atoms with E-state index < -0.39 is 0 Å². The number of fused-ring (bicyclic) bond motifs is 2. The van der Waals surface area contributed by atoms with Gasteiger partial charge in [-0.1, -0.05) is 18.5 Å². The number of nitrogens with one attached hydrogen (secondary N) is 1. The molecule has 104 valence electrons. The van der Waals surface area contributed by atoms with Gasteiger partial charge in [0.05, 0.1) is 5.02 Å². The van der Waals surface area contributed by atoms with Crippen molar-refractivity contribution in [1.82, 2.24) is 10.3 Å². The number of piperidine rings is 1. The molecule has 0 amide bonds. The van der Waals surface area contributed by atoms with E-state index in [-0.39, 0.29) is 0 Å². The summed E-state index contributed by atoms with van der Waals surface area (Å²) in [7, 11) is 0. The number of nitrogens with zero attached hydrogens (tertiary/aromatic N) is 2. The van der Waals surface area contributed by atoms with Crippen molar-refractivity contribution in [2.24, 2.45) is 5.92 Å². The van der Waals surface area contributed by atoms with E-state index in [0.717, 1.165) is 42.8 Å². The quantitative estimate of drug-likeness (QED) is 0.839. The molecule has 1 saturated carbocycles. The highest BCUT2D eigenvalue weighted by Gasteiger charge is 2.39. The van der Waals surface area contributed by atoms with Gasteiger partial charge < -0.3 is 10.2 Å². The van der Waals surface area contributed by atoms with Crippen LogP contribution in [0.1, 0.15) is 38.2 Å². The first-order valence-corrected chi connectivity index (χ1v) is 7.77. The van der Waals surface area contributed by atoms with Crippen LogP contribution >= 0.6 is 11.6 Å². The van der Waals surface area contributed by atoms with E-state index in [4.69, 9.17) is 11.6 Å². The molecule has 2 heterocycles. The maximum absolute atomic E-state index is 6.43. The van der Waals surface area contributed by atoms with Gasteiger partial charge in [0.25, 0.3) is 0 Å². The van der Waals surface area contributed by atoms with Gasteiger partial charge in [-0.15, -0.1) is 0 Å². The van der Waals surface area contributed by atoms with Crippen LogP contribution in [0.3, 0.4) is 0 Å². The van der Waals surface area contributed by atoms with E-state index in [9.17, 15) is 0 Å². The van der Waals surface area contributed by atoms with E-state index in [1.54, 1.807) is 0 Å². The molecule has 2 unspecified atom stereocenters. The normalized spacial score (nSPS) is 25.3. The molecule has 2 aliphatic rings. The largest absolute Gasteiger partial charge is 0.352 e. The lowest BCUT2D eigenvalue weighted by atomic mass is 10.1. The maximum Gasteiger partial charge on any atom is 0.147 e.